The summed E-state index contributed by atoms with van der Waals surface area (Å²) in [5.41, 5.74) is -0.202. The molecule has 0 radical (unpaired) electrons. The quantitative estimate of drug-likeness (QED) is 0.765. The minimum atomic E-state index is -0.792. The second-order valence-electron chi connectivity index (χ2n) is 4.35. The van der Waals surface area contributed by atoms with E-state index in [0.717, 1.165) is 5.69 Å². The smallest absolute Gasteiger partial charge is 0.0873 e. The highest BCUT2D eigenvalue weighted by atomic mass is 16.5. The highest BCUT2D eigenvalue weighted by Crippen LogP contribution is 2.40. The molecule has 2 heterocycles. The second kappa shape index (κ2) is 3.04. The molecular weight excluding hydrogens is 178 g/mol. The van der Waals surface area contributed by atoms with Crippen LogP contribution >= 0.6 is 0 Å². The van der Waals surface area contributed by atoms with Crippen LogP contribution in [0.3, 0.4) is 0 Å². The molecule has 1 saturated heterocycles. The largest absolute Gasteiger partial charge is 0.389 e. The molecule has 1 aromatic heterocycles. The van der Waals surface area contributed by atoms with Crippen molar-refractivity contribution in [1.82, 2.24) is 4.98 Å². The summed E-state index contributed by atoms with van der Waals surface area (Å²) in [6, 6.07) is 5.76. The lowest BCUT2D eigenvalue weighted by molar-refractivity contribution is -0.159. The average Bonchev–Trinajstić information content (AvgIpc) is 2.01. The molecule has 2 rings (SSSR count). The van der Waals surface area contributed by atoms with E-state index in [1.165, 1.54) is 0 Å². The van der Waals surface area contributed by atoms with Crippen molar-refractivity contribution in [2.24, 2.45) is 0 Å². The van der Waals surface area contributed by atoms with Crippen LogP contribution in [0.4, 0.5) is 0 Å². The Balaban J connectivity index is 2.39. The number of rotatable bonds is 2. The lowest BCUT2D eigenvalue weighted by Crippen LogP contribution is -2.61. The number of aliphatic hydroxyl groups is 1. The van der Waals surface area contributed by atoms with Crippen molar-refractivity contribution in [2.45, 2.75) is 24.9 Å². The fourth-order valence-corrected chi connectivity index (χ4v) is 1.77. The summed E-state index contributed by atoms with van der Waals surface area (Å²) < 4.78 is 5.22. The molecule has 1 N–H and O–H groups in total. The van der Waals surface area contributed by atoms with E-state index >= 15 is 0 Å². The van der Waals surface area contributed by atoms with Gasteiger partial charge in [0.05, 0.1) is 29.9 Å². The molecule has 3 nitrogen and oxygen atoms in total. The van der Waals surface area contributed by atoms with E-state index in [9.17, 15) is 5.11 Å². The first kappa shape index (κ1) is 9.62. The molecule has 0 aliphatic carbocycles. The van der Waals surface area contributed by atoms with Crippen molar-refractivity contribution >= 4 is 0 Å². The van der Waals surface area contributed by atoms with Crippen LogP contribution in [0.5, 0.6) is 0 Å². The van der Waals surface area contributed by atoms with Gasteiger partial charge in [0.1, 0.15) is 0 Å². The third-order valence-corrected chi connectivity index (χ3v) is 3.02. The Labute approximate surface area is 83.7 Å². The topological polar surface area (TPSA) is 42.4 Å². The van der Waals surface area contributed by atoms with E-state index in [0.29, 0.717) is 13.2 Å². The predicted molar refractivity (Wildman–Crippen MR) is 53.0 cm³/mol. The molecule has 0 amide bonds. The van der Waals surface area contributed by atoms with E-state index in [1.54, 1.807) is 6.20 Å². The summed E-state index contributed by atoms with van der Waals surface area (Å²) in [7, 11) is 0. The summed E-state index contributed by atoms with van der Waals surface area (Å²) in [6.07, 6.45) is 1.75. The number of ether oxygens (including phenoxy) is 1. The molecule has 0 atom stereocenters. The fourth-order valence-electron chi connectivity index (χ4n) is 1.77. The van der Waals surface area contributed by atoms with Crippen LogP contribution in [0.15, 0.2) is 24.4 Å². The highest BCUT2D eigenvalue weighted by Gasteiger charge is 2.52. The number of hydrogen-bond acceptors (Lipinski definition) is 3. The van der Waals surface area contributed by atoms with Crippen molar-refractivity contribution in [1.29, 1.82) is 0 Å². The van der Waals surface area contributed by atoms with E-state index in [2.05, 4.69) is 4.98 Å². The average molecular weight is 193 g/mol. The van der Waals surface area contributed by atoms with E-state index in [1.807, 2.05) is 32.0 Å². The van der Waals surface area contributed by atoms with Gasteiger partial charge in [0.25, 0.3) is 0 Å². The number of nitrogens with zero attached hydrogens (tertiary/aromatic N) is 1. The second-order valence-corrected chi connectivity index (χ2v) is 4.35. The zero-order valence-corrected chi connectivity index (χ0v) is 8.53. The summed E-state index contributed by atoms with van der Waals surface area (Å²) >= 11 is 0. The van der Waals surface area contributed by atoms with Gasteiger partial charge in [-0.15, -0.1) is 0 Å². The summed E-state index contributed by atoms with van der Waals surface area (Å²) in [5, 5.41) is 10.1. The van der Waals surface area contributed by atoms with Crippen molar-refractivity contribution in [3.8, 4) is 0 Å². The molecule has 3 heteroatoms. The molecule has 1 fully saturated rings. The molecule has 76 valence electrons. The van der Waals surface area contributed by atoms with Crippen molar-refractivity contribution in [2.75, 3.05) is 13.2 Å². The van der Waals surface area contributed by atoms with Crippen LogP contribution in [0.2, 0.25) is 0 Å². The first-order chi connectivity index (χ1) is 6.56. The summed E-state index contributed by atoms with van der Waals surface area (Å²) in [5.74, 6) is 0. The number of hydrogen-bond donors (Lipinski definition) is 1. The van der Waals surface area contributed by atoms with Gasteiger partial charge < -0.3 is 9.84 Å². The Morgan fingerprint density at radius 3 is 2.50 bits per heavy atom. The first-order valence-electron chi connectivity index (χ1n) is 4.78. The molecule has 1 aromatic rings. The third kappa shape index (κ3) is 1.24. The lowest BCUT2D eigenvalue weighted by Gasteiger charge is -2.48. The van der Waals surface area contributed by atoms with Gasteiger partial charge in [0.15, 0.2) is 0 Å². The van der Waals surface area contributed by atoms with Gasteiger partial charge in [-0.2, -0.15) is 0 Å². The molecule has 0 bridgehead atoms. The van der Waals surface area contributed by atoms with Crippen LogP contribution in [0.1, 0.15) is 19.5 Å². The Hall–Kier alpha value is -0.930. The molecule has 14 heavy (non-hydrogen) atoms. The zero-order chi connectivity index (χ0) is 10.2. The Morgan fingerprint density at radius 2 is 2.14 bits per heavy atom. The maximum absolute atomic E-state index is 10.1. The van der Waals surface area contributed by atoms with Gasteiger partial charge in [0, 0.05) is 6.20 Å². The van der Waals surface area contributed by atoms with Crippen LogP contribution in [0, 0.1) is 0 Å². The minimum Gasteiger partial charge on any atom is -0.389 e. The molecule has 1 aliphatic heterocycles. The first-order valence-corrected chi connectivity index (χ1v) is 4.78. The standard InChI is InChI=1S/C11H15NO2/c1-10(2,13)11(7-14-8-11)9-5-3-4-6-12-9/h3-6,13H,7-8H2,1-2H3. The van der Waals surface area contributed by atoms with Crippen LogP contribution in [0.25, 0.3) is 0 Å². The molecule has 0 spiro atoms. The molecule has 1 aliphatic rings. The van der Waals surface area contributed by atoms with Gasteiger partial charge in [-0.25, -0.2) is 0 Å². The van der Waals surface area contributed by atoms with Crippen molar-refractivity contribution in [3.05, 3.63) is 30.1 Å². The van der Waals surface area contributed by atoms with E-state index in [-0.39, 0.29) is 5.41 Å². The monoisotopic (exact) mass is 193 g/mol. The molecule has 0 aromatic carbocycles. The molecule has 0 saturated carbocycles. The Bertz CT molecular complexity index is 312. The Morgan fingerprint density at radius 1 is 1.43 bits per heavy atom. The van der Waals surface area contributed by atoms with Gasteiger partial charge in [-0.1, -0.05) is 6.07 Å². The van der Waals surface area contributed by atoms with Crippen molar-refractivity contribution in [3.63, 3.8) is 0 Å². The zero-order valence-electron chi connectivity index (χ0n) is 8.53. The van der Waals surface area contributed by atoms with E-state index < -0.39 is 5.60 Å². The van der Waals surface area contributed by atoms with Gasteiger partial charge in [-0.05, 0) is 26.0 Å². The highest BCUT2D eigenvalue weighted by molar-refractivity contribution is 5.25. The summed E-state index contributed by atoms with van der Waals surface area (Å²) in [4.78, 5) is 4.30. The predicted octanol–water partition coefficient (Wildman–Crippen LogP) is 1.12. The maximum atomic E-state index is 10.1. The van der Waals surface area contributed by atoms with Crippen LogP contribution in [-0.4, -0.2) is 28.9 Å². The van der Waals surface area contributed by atoms with Gasteiger partial charge >= 0.3 is 0 Å². The number of pyridine rings is 1. The Kier molecular flexibility index (Phi) is 2.09. The lowest BCUT2D eigenvalue weighted by atomic mass is 9.69. The van der Waals surface area contributed by atoms with Gasteiger partial charge in [0.2, 0.25) is 0 Å². The minimum absolute atomic E-state index is 0.325. The molecular formula is C11H15NO2. The maximum Gasteiger partial charge on any atom is 0.0873 e. The number of aromatic nitrogens is 1. The third-order valence-electron chi connectivity index (χ3n) is 3.02. The fraction of sp³-hybridized carbons (Fsp3) is 0.545. The van der Waals surface area contributed by atoms with E-state index in [4.69, 9.17) is 4.74 Å². The van der Waals surface area contributed by atoms with Crippen LogP contribution < -0.4 is 0 Å². The van der Waals surface area contributed by atoms with Crippen LogP contribution in [-0.2, 0) is 10.2 Å². The molecule has 0 unspecified atom stereocenters. The summed E-state index contributed by atoms with van der Waals surface area (Å²) in [6.45, 7) is 4.72. The van der Waals surface area contributed by atoms with Crippen molar-refractivity contribution < 1.29 is 9.84 Å². The SMILES string of the molecule is CC(C)(O)C1(c2ccccn2)COC1. The normalized spacial score (nSPS) is 20.2. The van der Waals surface area contributed by atoms with Gasteiger partial charge in [-0.3, -0.25) is 4.98 Å².